The van der Waals surface area contributed by atoms with Gasteiger partial charge in [-0.1, -0.05) is 6.07 Å². The number of hydrogen-bond donors (Lipinski definition) is 2. The van der Waals surface area contributed by atoms with Gasteiger partial charge in [0.1, 0.15) is 11.5 Å². The summed E-state index contributed by atoms with van der Waals surface area (Å²) in [7, 11) is 0. The quantitative estimate of drug-likeness (QED) is 0.635. The van der Waals surface area contributed by atoms with Gasteiger partial charge in [-0.05, 0) is 55.7 Å². The Morgan fingerprint density at radius 2 is 2.03 bits per heavy atom. The number of halogens is 1. The molecule has 0 unspecified atom stereocenters. The Hall–Kier alpha value is -3.26. The van der Waals surface area contributed by atoms with Gasteiger partial charge in [0.25, 0.3) is 5.91 Å². The predicted octanol–water partition coefficient (Wildman–Crippen LogP) is 3.36. The number of fused-ring (bicyclic) bond motifs is 1. The van der Waals surface area contributed by atoms with Crippen LogP contribution in [0.1, 0.15) is 41.0 Å². The first-order chi connectivity index (χ1) is 14.9. The van der Waals surface area contributed by atoms with Gasteiger partial charge in [-0.25, -0.2) is 14.4 Å². The molecule has 1 aliphatic heterocycles. The third-order valence-electron chi connectivity index (χ3n) is 5.38. The van der Waals surface area contributed by atoms with Gasteiger partial charge in [0.05, 0.1) is 12.3 Å². The van der Waals surface area contributed by atoms with Crippen LogP contribution in [0, 0.1) is 12.7 Å². The Labute approximate surface area is 180 Å². The minimum Gasteiger partial charge on any atom is -0.392 e. The minimum atomic E-state index is -0.382. The minimum absolute atomic E-state index is 0.127. The van der Waals surface area contributed by atoms with Crippen molar-refractivity contribution < 1.29 is 14.3 Å². The molecule has 4 rings (SSSR count). The second-order valence-electron chi connectivity index (χ2n) is 8.13. The van der Waals surface area contributed by atoms with Crippen molar-refractivity contribution in [3.05, 3.63) is 64.9 Å². The number of amides is 1. The summed E-state index contributed by atoms with van der Waals surface area (Å²) in [5.74, 6) is 0.0422. The molecule has 3 aromatic rings. The van der Waals surface area contributed by atoms with E-state index in [4.69, 9.17) is 0 Å². The van der Waals surface area contributed by atoms with E-state index in [1.54, 1.807) is 17.2 Å². The maximum Gasteiger partial charge on any atom is 0.270 e. The van der Waals surface area contributed by atoms with Gasteiger partial charge in [0.15, 0.2) is 0 Å². The van der Waals surface area contributed by atoms with Gasteiger partial charge < -0.3 is 19.9 Å². The molecule has 0 bridgehead atoms. The average molecular weight is 423 g/mol. The van der Waals surface area contributed by atoms with Crippen LogP contribution in [0.3, 0.4) is 0 Å². The van der Waals surface area contributed by atoms with Gasteiger partial charge >= 0.3 is 0 Å². The van der Waals surface area contributed by atoms with E-state index < -0.39 is 0 Å². The molecule has 162 valence electrons. The van der Waals surface area contributed by atoms with E-state index in [1.807, 2.05) is 37.6 Å². The van der Waals surface area contributed by atoms with E-state index in [0.29, 0.717) is 35.9 Å². The number of nitrogens with zero attached hydrogens (tertiary/aromatic N) is 4. The number of carbonyl (C=O) groups is 1. The summed E-state index contributed by atoms with van der Waals surface area (Å²) in [5, 5.41) is 12.8. The Bertz CT molecular complexity index is 1130. The highest BCUT2D eigenvalue weighted by atomic mass is 19.1. The first-order valence-electron chi connectivity index (χ1n) is 10.3. The van der Waals surface area contributed by atoms with Gasteiger partial charge in [0, 0.05) is 43.6 Å². The normalized spacial score (nSPS) is 13.6. The molecule has 8 heteroatoms. The number of carbonyl (C=O) groups excluding carboxylic acids is 1. The second-order valence-corrected chi connectivity index (χ2v) is 8.13. The summed E-state index contributed by atoms with van der Waals surface area (Å²) in [6.45, 7) is 7.18. The number of hydrogen-bond acceptors (Lipinski definition) is 5. The maximum atomic E-state index is 13.7. The number of aliphatic hydroxyl groups is 1. The van der Waals surface area contributed by atoms with Crippen molar-refractivity contribution in [3.63, 3.8) is 0 Å². The van der Waals surface area contributed by atoms with E-state index in [-0.39, 0.29) is 30.9 Å². The first kappa shape index (κ1) is 21.0. The summed E-state index contributed by atoms with van der Waals surface area (Å²) < 4.78 is 15.6. The number of rotatable bonds is 6. The highest BCUT2D eigenvalue weighted by molar-refractivity contribution is 5.95. The van der Waals surface area contributed by atoms with Crippen LogP contribution in [-0.2, 0) is 19.7 Å². The Morgan fingerprint density at radius 1 is 1.23 bits per heavy atom. The molecule has 0 spiro atoms. The van der Waals surface area contributed by atoms with Crippen LogP contribution in [0.2, 0.25) is 0 Å². The zero-order chi connectivity index (χ0) is 22.1. The van der Waals surface area contributed by atoms with Crippen molar-refractivity contribution >= 4 is 11.9 Å². The van der Waals surface area contributed by atoms with Crippen LogP contribution in [0.5, 0.6) is 0 Å². The van der Waals surface area contributed by atoms with Crippen molar-refractivity contribution in [2.75, 3.05) is 11.9 Å². The molecular formula is C23H26FN5O2. The first-order valence-corrected chi connectivity index (χ1v) is 10.3. The van der Waals surface area contributed by atoms with Gasteiger partial charge in [0.2, 0.25) is 5.95 Å². The molecule has 1 amide bonds. The molecule has 0 fully saturated rings. The molecule has 0 saturated carbocycles. The lowest BCUT2D eigenvalue weighted by Gasteiger charge is -2.29. The lowest BCUT2D eigenvalue weighted by molar-refractivity contribution is 0.0689. The van der Waals surface area contributed by atoms with Crippen molar-refractivity contribution in [2.24, 2.45) is 0 Å². The molecule has 1 aliphatic rings. The van der Waals surface area contributed by atoms with Gasteiger partial charge in [-0.2, -0.15) is 0 Å². The average Bonchev–Trinajstić information content (AvgIpc) is 3.16. The molecule has 0 aliphatic carbocycles. The SMILES string of the molecule is Cc1cnc(NC(C)C)nc1-c1cc2n(c1)CCN(Cc1cc(F)ccc1CO)C2=O. The number of benzene rings is 1. The molecule has 31 heavy (non-hydrogen) atoms. The molecule has 0 saturated heterocycles. The van der Waals surface area contributed by atoms with Crippen LogP contribution in [0.15, 0.2) is 36.7 Å². The van der Waals surface area contributed by atoms with Crippen LogP contribution in [0.25, 0.3) is 11.3 Å². The topological polar surface area (TPSA) is 83.3 Å². The monoisotopic (exact) mass is 423 g/mol. The van der Waals surface area contributed by atoms with Crippen LogP contribution in [0.4, 0.5) is 10.3 Å². The molecule has 7 nitrogen and oxygen atoms in total. The molecule has 2 aromatic heterocycles. The Balaban J connectivity index is 1.61. The predicted molar refractivity (Wildman–Crippen MR) is 116 cm³/mol. The smallest absolute Gasteiger partial charge is 0.270 e. The summed E-state index contributed by atoms with van der Waals surface area (Å²) in [6.07, 6.45) is 3.72. The van der Waals surface area contributed by atoms with E-state index in [2.05, 4.69) is 15.3 Å². The molecule has 0 radical (unpaired) electrons. The van der Waals surface area contributed by atoms with Crippen LogP contribution < -0.4 is 5.32 Å². The molecule has 3 heterocycles. The van der Waals surface area contributed by atoms with Crippen molar-refractivity contribution in [1.29, 1.82) is 0 Å². The number of aryl methyl sites for hydroxylation is 1. The van der Waals surface area contributed by atoms with Crippen LogP contribution in [-0.4, -0.2) is 43.0 Å². The second kappa shape index (κ2) is 8.47. The summed E-state index contributed by atoms with van der Waals surface area (Å²) in [6, 6.07) is 6.31. The van der Waals surface area contributed by atoms with Crippen molar-refractivity contribution in [2.45, 2.75) is 46.5 Å². The van der Waals surface area contributed by atoms with Crippen molar-refractivity contribution in [1.82, 2.24) is 19.4 Å². The maximum absolute atomic E-state index is 13.7. The fourth-order valence-corrected chi connectivity index (χ4v) is 3.81. The van der Waals surface area contributed by atoms with E-state index in [9.17, 15) is 14.3 Å². The Kier molecular flexibility index (Phi) is 5.73. The lowest BCUT2D eigenvalue weighted by atomic mass is 10.1. The van der Waals surface area contributed by atoms with Gasteiger partial charge in [-0.15, -0.1) is 0 Å². The number of aromatic nitrogens is 3. The van der Waals surface area contributed by atoms with E-state index >= 15 is 0 Å². The number of anilines is 1. The molecular weight excluding hydrogens is 397 g/mol. The fraction of sp³-hybridized carbons (Fsp3) is 0.348. The highest BCUT2D eigenvalue weighted by Gasteiger charge is 2.27. The number of nitrogens with one attached hydrogen (secondary N) is 1. The summed E-state index contributed by atoms with van der Waals surface area (Å²) >= 11 is 0. The number of aliphatic hydroxyl groups excluding tert-OH is 1. The van der Waals surface area contributed by atoms with Gasteiger partial charge in [-0.3, -0.25) is 4.79 Å². The standard InChI is InChI=1S/C23H26FN5O2/c1-14(2)26-23-25-10-15(3)21(27-23)18-9-20-22(31)29(7-6-28(20)12-18)11-17-8-19(24)5-4-16(17)13-30/h4-5,8-10,12,14,30H,6-7,11,13H2,1-3H3,(H,25,26,27). The van der Waals surface area contributed by atoms with E-state index in [1.165, 1.54) is 12.1 Å². The summed E-state index contributed by atoms with van der Waals surface area (Å²) in [5.41, 5.74) is 4.38. The Morgan fingerprint density at radius 3 is 2.77 bits per heavy atom. The highest BCUT2D eigenvalue weighted by Crippen LogP contribution is 2.28. The van der Waals surface area contributed by atoms with E-state index in [0.717, 1.165) is 16.8 Å². The summed E-state index contributed by atoms with van der Waals surface area (Å²) in [4.78, 5) is 23.8. The molecule has 0 atom stereocenters. The van der Waals surface area contributed by atoms with Crippen LogP contribution >= 0.6 is 0 Å². The lowest BCUT2D eigenvalue weighted by Crippen LogP contribution is -2.39. The molecule has 2 N–H and O–H groups in total. The third kappa shape index (κ3) is 4.29. The largest absolute Gasteiger partial charge is 0.392 e. The molecule has 1 aromatic carbocycles. The zero-order valence-corrected chi connectivity index (χ0v) is 17.9. The third-order valence-corrected chi connectivity index (χ3v) is 5.38. The van der Waals surface area contributed by atoms with Crippen molar-refractivity contribution in [3.8, 4) is 11.3 Å². The zero-order valence-electron chi connectivity index (χ0n) is 17.9. The fourth-order valence-electron chi connectivity index (χ4n) is 3.81.